The normalized spacial score (nSPS) is 16.7. The molecular formula is C14H14. The summed E-state index contributed by atoms with van der Waals surface area (Å²) >= 11 is 0. The van der Waals surface area contributed by atoms with Gasteiger partial charge in [-0.25, -0.2) is 0 Å². The van der Waals surface area contributed by atoms with Crippen LogP contribution in [0.25, 0.3) is 5.57 Å². The van der Waals surface area contributed by atoms with E-state index >= 15 is 0 Å². The van der Waals surface area contributed by atoms with E-state index in [1.165, 1.54) is 22.3 Å². The molecule has 0 aromatic heterocycles. The summed E-state index contributed by atoms with van der Waals surface area (Å²) in [7, 11) is 0. The van der Waals surface area contributed by atoms with Crippen LogP contribution in [0.4, 0.5) is 0 Å². The van der Waals surface area contributed by atoms with Gasteiger partial charge in [0.1, 0.15) is 0 Å². The second kappa shape index (κ2) is 3.67. The number of benzene rings is 1. The Morgan fingerprint density at radius 1 is 1.00 bits per heavy atom. The Labute approximate surface area is 85.3 Å². The van der Waals surface area contributed by atoms with Crippen LogP contribution in [0, 0.1) is 0 Å². The number of hydrogen-bond acceptors (Lipinski definition) is 0. The number of allylic oxidation sites excluding steroid dienone is 4. The monoisotopic (exact) mass is 182 g/mol. The van der Waals surface area contributed by atoms with Gasteiger partial charge in [-0.3, -0.25) is 0 Å². The molecule has 0 heteroatoms. The van der Waals surface area contributed by atoms with Crippen LogP contribution >= 0.6 is 0 Å². The van der Waals surface area contributed by atoms with E-state index in [9.17, 15) is 0 Å². The minimum Gasteiger partial charge on any atom is -0.0992 e. The van der Waals surface area contributed by atoms with Crippen LogP contribution in [0.2, 0.25) is 0 Å². The highest BCUT2D eigenvalue weighted by Gasteiger charge is 2.11. The summed E-state index contributed by atoms with van der Waals surface area (Å²) in [5.41, 5.74) is 5.00. The van der Waals surface area contributed by atoms with Gasteiger partial charge in [-0.15, -0.1) is 0 Å². The van der Waals surface area contributed by atoms with Gasteiger partial charge in [0.05, 0.1) is 0 Å². The molecule has 0 saturated carbocycles. The zero-order valence-corrected chi connectivity index (χ0v) is 8.29. The minimum absolute atomic E-state index is 0.945. The molecule has 0 amide bonds. The van der Waals surface area contributed by atoms with E-state index in [0.717, 1.165) is 12.8 Å². The van der Waals surface area contributed by atoms with Crippen molar-refractivity contribution in [2.45, 2.75) is 12.8 Å². The van der Waals surface area contributed by atoms with Crippen LogP contribution in [0.5, 0.6) is 0 Å². The average Bonchev–Trinajstić information content (AvgIpc) is 2.19. The van der Waals surface area contributed by atoms with Crippen LogP contribution in [0.15, 0.2) is 60.7 Å². The maximum absolute atomic E-state index is 4.09. The maximum Gasteiger partial charge on any atom is -0.00665 e. The predicted octanol–water partition coefficient (Wildman–Crippen LogP) is 3.98. The van der Waals surface area contributed by atoms with Crippen LogP contribution in [0.1, 0.15) is 18.4 Å². The van der Waals surface area contributed by atoms with Crippen LogP contribution in [-0.4, -0.2) is 0 Å². The molecule has 0 saturated heterocycles. The molecule has 0 radical (unpaired) electrons. The lowest BCUT2D eigenvalue weighted by Crippen LogP contribution is -1.96. The van der Waals surface area contributed by atoms with E-state index in [0.29, 0.717) is 0 Å². The molecule has 0 nitrogen and oxygen atoms in total. The van der Waals surface area contributed by atoms with Crippen molar-refractivity contribution in [2.75, 3.05) is 0 Å². The molecule has 70 valence electrons. The van der Waals surface area contributed by atoms with Crippen molar-refractivity contribution in [3.05, 3.63) is 66.3 Å². The van der Waals surface area contributed by atoms with Crippen molar-refractivity contribution in [2.24, 2.45) is 0 Å². The van der Waals surface area contributed by atoms with Gasteiger partial charge in [0.2, 0.25) is 0 Å². The van der Waals surface area contributed by atoms with Gasteiger partial charge in [-0.2, -0.15) is 0 Å². The van der Waals surface area contributed by atoms with Crippen LogP contribution < -0.4 is 0 Å². The molecule has 0 unspecified atom stereocenters. The average molecular weight is 182 g/mol. The van der Waals surface area contributed by atoms with E-state index in [-0.39, 0.29) is 0 Å². The summed E-state index contributed by atoms with van der Waals surface area (Å²) in [4.78, 5) is 0. The quantitative estimate of drug-likeness (QED) is 0.576. The fourth-order valence-corrected chi connectivity index (χ4v) is 1.80. The maximum atomic E-state index is 4.09. The highest BCUT2D eigenvalue weighted by Crippen LogP contribution is 2.32. The lowest BCUT2D eigenvalue weighted by Gasteiger charge is -2.17. The summed E-state index contributed by atoms with van der Waals surface area (Å²) < 4.78 is 0. The largest absolute Gasteiger partial charge is 0.0992 e. The zero-order chi connectivity index (χ0) is 9.97. The molecule has 1 aliphatic carbocycles. The van der Waals surface area contributed by atoms with E-state index in [1.54, 1.807) is 0 Å². The third-order valence-corrected chi connectivity index (χ3v) is 2.52. The summed E-state index contributed by atoms with van der Waals surface area (Å²) in [6.07, 6.45) is 4.16. The van der Waals surface area contributed by atoms with Crippen LogP contribution in [-0.2, 0) is 0 Å². The highest BCUT2D eigenvalue weighted by molar-refractivity contribution is 5.80. The second-order valence-corrected chi connectivity index (χ2v) is 3.72. The molecule has 1 aromatic rings. The van der Waals surface area contributed by atoms with E-state index in [4.69, 9.17) is 0 Å². The molecule has 14 heavy (non-hydrogen) atoms. The number of hydrogen-bond donors (Lipinski definition) is 0. The molecule has 0 atom stereocenters. The lowest BCUT2D eigenvalue weighted by atomic mass is 9.87. The van der Waals surface area contributed by atoms with Gasteiger partial charge in [-0.05, 0) is 29.6 Å². The fourth-order valence-electron chi connectivity index (χ4n) is 1.80. The summed E-state index contributed by atoms with van der Waals surface area (Å²) in [6, 6.07) is 10.4. The SMILES string of the molecule is C=C1CC=C(c2ccccc2)C(=C)C1. The third kappa shape index (κ3) is 1.69. The van der Waals surface area contributed by atoms with Crippen molar-refractivity contribution in [3.63, 3.8) is 0 Å². The molecule has 0 fully saturated rings. The van der Waals surface area contributed by atoms with E-state index in [2.05, 4.69) is 43.5 Å². The zero-order valence-electron chi connectivity index (χ0n) is 8.29. The van der Waals surface area contributed by atoms with Gasteiger partial charge < -0.3 is 0 Å². The van der Waals surface area contributed by atoms with Crippen molar-refractivity contribution >= 4 is 5.57 Å². The number of rotatable bonds is 1. The Morgan fingerprint density at radius 2 is 1.71 bits per heavy atom. The topological polar surface area (TPSA) is 0 Å². The Balaban J connectivity index is 2.36. The Kier molecular flexibility index (Phi) is 2.36. The summed E-state index contributed by atoms with van der Waals surface area (Å²) in [5.74, 6) is 0. The summed E-state index contributed by atoms with van der Waals surface area (Å²) in [6.45, 7) is 8.08. The third-order valence-electron chi connectivity index (χ3n) is 2.52. The van der Waals surface area contributed by atoms with Gasteiger partial charge in [0.15, 0.2) is 0 Å². The standard InChI is InChI=1S/C14H14/c1-11-8-9-14(12(2)10-11)13-6-4-3-5-7-13/h3-7,9H,1-2,8,10H2. The smallest absolute Gasteiger partial charge is 0.00665 e. The first-order chi connectivity index (χ1) is 6.77. The van der Waals surface area contributed by atoms with E-state index in [1.807, 2.05) is 6.07 Å². The molecule has 2 rings (SSSR count). The van der Waals surface area contributed by atoms with Gasteiger partial charge in [-0.1, -0.05) is 55.1 Å². The molecular weight excluding hydrogens is 168 g/mol. The van der Waals surface area contributed by atoms with Crippen LogP contribution in [0.3, 0.4) is 0 Å². The first-order valence-electron chi connectivity index (χ1n) is 4.88. The summed E-state index contributed by atoms with van der Waals surface area (Å²) in [5, 5.41) is 0. The molecule has 0 spiro atoms. The molecule has 0 N–H and O–H groups in total. The van der Waals surface area contributed by atoms with E-state index < -0.39 is 0 Å². The second-order valence-electron chi connectivity index (χ2n) is 3.72. The van der Waals surface area contributed by atoms with Crippen molar-refractivity contribution < 1.29 is 0 Å². The van der Waals surface area contributed by atoms with Gasteiger partial charge in [0, 0.05) is 0 Å². The Morgan fingerprint density at radius 3 is 2.36 bits per heavy atom. The van der Waals surface area contributed by atoms with Crippen molar-refractivity contribution in [1.82, 2.24) is 0 Å². The lowest BCUT2D eigenvalue weighted by molar-refractivity contribution is 1.06. The Bertz CT molecular complexity index is 393. The Hall–Kier alpha value is -1.56. The minimum atomic E-state index is 0.945. The van der Waals surface area contributed by atoms with Gasteiger partial charge in [0.25, 0.3) is 0 Å². The molecule has 0 aliphatic heterocycles. The fraction of sp³-hybridized carbons (Fsp3) is 0.143. The molecule has 0 bridgehead atoms. The van der Waals surface area contributed by atoms with Crippen molar-refractivity contribution in [1.29, 1.82) is 0 Å². The predicted molar refractivity (Wildman–Crippen MR) is 61.9 cm³/mol. The molecule has 0 heterocycles. The first kappa shape index (κ1) is 9.01. The first-order valence-corrected chi connectivity index (χ1v) is 4.88. The highest BCUT2D eigenvalue weighted by atomic mass is 14.2. The molecule has 1 aliphatic rings. The van der Waals surface area contributed by atoms with Crippen molar-refractivity contribution in [3.8, 4) is 0 Å². The van der Waals surface area contributed by atoms with Gasteiger partial charge >= 0.3 is 0 Å². The molecule has 1 aromatic carbocycles.